The first-order valence-corrected chi connectivity index (χ1v) is 4.57. The van der Waals surface area contributed by atoms with Gasteiger partial charge in [-0.2, -0.15) is 0 Å². The number of amides is 1. The van der Waals surface area contributed by atoms with Crippen molar-refractivity contribution in [3.8, 4) is 0 Å². The predicted molar refractivity (Wildman–Crippen MR) is 45.9 cm³/mol. The van der Waals surface area contributed by atoms with E-state index < -0.39 is 0 Å². The van der Waals surface area contributed by atoms with Crippen LogP contribution in [-0.4, -0.2) is 41.7 Å². The number of aliphatic hydroxyl groups excluding tert-OH is 1. The van der Waals surface area contributed by atoms with Crippen molar-refractivity contribution in [2.75, 3.05) is 19.7 Å². The molecule has 0 aliphatic carbocycles. The molecule has 0 saturated carbocycles. The van der Waals surface area contributed by atoms with Crippen LogP contribution in [0.15, 0.2) is 11.8 Å². The molecule has 13 heavy (non-hydrogen) atoms. The monoisotopic (exact) mass is 183 g/mol. The lowest BCUT2D eigenvalue weighted by molar-refractivity contribution is -0.141. The van der Waals surface area contributed by atoms with Crippen molar-refractivity contribution >= 4 is 5.91 Å². The molecule has 0 spiro atoms. The zero-order chi connectivity index (χ0) is 9.26. The molecular formula is C9H13NO3. The van der Waals surface area contributed by atoms with E-state index in [4.69, 9.17) is 9.84 Å². The van der Waals surface area contributed by atoms with E-state index in [1.807, 2.05) is 6.08 Å². The lowest BCUT2D eigenvalue weighted by Crippen LogP contribution is -2.54. The number of likely N-dealkylation sites (tertiary alicyclic amines) is 1. The summed E-state index contributed by atoms with van der Waals surface area (Å²) in [6.45, 7) is 1.52. The molecule has 0 aromatic heterocycles. The number of carbonyl (C=O) groups is 1. The van der Waals surface area contributed by atoms with Gasteiger partial charge in [-0.05, 0) is 18.9 Å². The molecule has 4 heteroatoms. The van der Waals surface area contributed by atoms with Gasteiger partial charge in [-0.25, -0.2) is 0 Å². The van der Waals surface area contributed by atoms with Gasteiger partial charge in [0, 0.05) is 13.1 Å². The van der Waals surface area contributed by atoms with Gasteiger partial charge in [0.15, 0.2) is 5.76 Å². The number of ether oxygens (including phenoxy) is 1. The van der Waals surface area contributed by atoms with Crippen molar-refractivity contribution in [1.29, 1.82) is 0 Å². The third kappa shape index (κ3) is 1.67. The third-order valence-corrected chi connectivity index (χ3v) is 2.30. The second kappa shape index (κ2) is 3.38. The standard InChI is InChI=1S/C9H13NO3/c11-7-5-10(6-7)9(12)8-3-1-2-4-13-8/h3,7,11H,1-2,4-6H2. The van der Waals surface area contributed by atoms with Gasteiger partial charge in [0.1, 0.15) is 0 Å². The number of nitrogens with zero attached hydrogens (tertiary/aromatic N) is 1. The molecule has 0 unspecified atom stereocenters. The molecule has 2 aliphatic heterocycles. The minimum Gasteiger partial charge on any atom is -0.488 e. The van der Waals surface area contributed by atoms with Gasteiger partial charge < -0.3 is 14.7 Å². The second-order valence-electron chi connectivity index (χ2n) is 3.42. The summed E-state index contributed by atoms with van der Waals surface area (Å²) in [4.78, 5) is 13.1. The molecule has 1 amide bonds. The van der Waals surface area contributed by atoms with Crippen LogP contribution in [0.4, 0.5) is 0 Å². The second-order valence-corrected chi connectivity index (χ2v) is 3.42. The highest BCUT2D eigenvalue weighted by molar-refractivity contribution is 5.92. The normalized spacial score (nSPS) is 23.2. The number of rotatable bonds is 1. The molecule has 1 saturated heterocycles. The Balaban J connectivity index is 1.93. The number of hydrogen-bond donors (Lipinski definition) is 1. The fourth-order valence-corrected chi connectivity index (χ4v) is 1.48. The number of allylic oxidation sites excluding steroid dienone is 1. The third-order valence-electron chi connectivity index (χ3n) is 2.30. The minimum absolute atomic E-state index is 0.0787. The van der Waals surface area contributed by atoms with Crippen LogP contribution in [0.1, 0.15) is 12.8 Å². The van der Waals surface area contributed by atoms with Gasteiger partial charge in [-0.1, -0.05) is 0 Å². The van der Waals surface area contributed by atoms with Crippen LogP contribution in [0, 0.1) is 0 Å². The van der Waals surface area contributed by atoms with Crippen molar-refractivity contribution in [2.45, 2.75) is 18.9 Å². The highest BCUT2D eigenvalue weighted by Gasteiger charge is 2.31. The fourth-order valence-electron chi connectivity index (χ4n) is 1.48. The Morgan fingerprint density at radius 1 is 1.62 bits per heavy atom. The van der Waals surface area contributed by atoms with E-state index in [9.17, 15) is 4.79 Å². The summed E-state index contributed by atoms with van der Waals surface area (Å²) in [5.41, 5.74) is 0. The maximum Gasteiger partial charge on any atom is 0.288 e. The summed E-state index contributed by atoms with van der Waals surface area (Å²) in [6, 6.07) is 0. The van der Waals surface area contributed by atoms with Crippen molar-refractivity contribution in [1.82, 2.24) is 4.90 Å². The van der Waals surface area contributed by atoms with E-state index in [1.54, 1.807) is 4.90 Å². The Bertz CT molecular complexity index is 243. The van der Waals surface area contributed by atoms with Crippen molar-refractivity contribution in [2.24, 2.45) is 0 Å². The average Bonchev–Trinajstić information content (AvgIpc) is 2.13. The Labute approximate surface area is 76.8 Å². The highest BCUT2D eigenvalue weighted by atomic mass is 16.5. The molecule has 0 radical (unpaired) electrons. The number of carbonyl (C=O) groups excluding carboxylic acids is 1. The Morgan fingerprint density at radius 3 is 2.92 bits per heavy atom. The van der Waals surface area contributed by atoms with Crippen LogP contribution in [0.3, 0.4) is 0 Å². The van der Waals surface area contributed by atoms with Crippen molar-refractivity contribution in [3.05, 3.63) is 11.8 Å². The predicted octanol–water partition coefficient (Wildman–Crippen LogP) is -0.116. The molecule has 2 heterocycles. The molecular weight excluding hydrogens is 170 g/mol. The van der Waals surface area contributed by atoms with Crippen molar-refractivity contribution in [3.63, 3.8) is 0 Å². The smallest absolute Gasteiger partial charge is 0.288 e. The molecule has 1 N–H and O–H groups in total. The number of aliphatic hydroxyl groups is 1. The minimum atomic E-state index is -0.340. The van der Waals surface area contributed by atoms with Crippen LogP contribution in [0.5, 0.6) is 0 Å². The highest BCUT2D eigenvalue weighted by Crippen LogP contribution is 2.16. The lowest BCUT2D eigenvalue weighted by atomic mass is 10.1. The van der Waals surface area contributed by atoms with E-state index in [2.05, 4.69) is 0 Å². The van der Waals surface area contributed by atoms with Crippen LogP contribution in [0.2, 0.25) is 0 Å². The summed E-state index contributed by atoms with van der Waals surface area (Å²) in [5.74, 6) is 0.378. The quantitative estimate of drug-likeness (QED) is 0.616. The molecule has 2 aliphatic rings. The molecule has 0 aromatic rings. The zero-order valence-electron chi connectivity index (χ0n) is 7.40. The largest absolute Gasteiger partial charge is 0.488 e. The summed E-state index contributed by atoms with van der Waals surface area (Å²) in [5, 5.41) is 9.01. The maximum atomic E-state index is 11.5. The van der Waals surface area contributed by atoms with Gasteiger partial charge in [0.05, 0.1) is 12.7 Å². The van der Waals surface area contributed by atoms with E-state index in [-0.39, 0.29) is 12.0 Å². The first-order chi connectivity index (χ1) is 6.27. The SMILES string of the molecule is O=C(C1=CCCCO1)N1CC(O)C1. The van der Waals surface area contributed by atoms with Gasteiger partial charge in [0.2, 0.25) is 0 Å². The van der Waals surface area contributed by atoms with Crippen LogP contribution in [-0.2, 0) is 9.53 Å². The van der Waals surface area contributed by atoms with Crippen LogP contribution >= 0.6 is 0 Å². The van der Waals surface area contributed by atoms with E-state index in [1.165, 1.54) is 0 Å². The average molecular weight is 183 g/mol. The maximum absolute atomic E-state index is 11.5. The number of hydrogen-bond acceptors (Lipinski definition) is 3. The first-order valence-electron chi connectivity index (χ1n) is 4.57. The zero-order valence-corrected chi connectivity index (χ0v) is 7.40. The summed E-state index contributed by atoms with van der Waals surface area (Å²) < 4.78 is 5.22. The molecule has 2 rings (SSSR count). The van der Waals surface area contributed by atoms with E-state index in [0.29, 0.717) is 25.5 Å². The van der Waals surface area contributed by atoms with Crippen molar-refractivity contribution < 1.29 is 14.6 Å². The summed E-state index contributed by atoms with van der Waals surface area (Å²) in [7, 11) is 0. The summed E-state index contributed by atoms with van der Waals surface area (Å²) >= 11 is 0. The molecule has 72 valence electrons. The van der Waals surface area contributed by atoms with E-state index >= 15 is 0 Å². The van der Waals surface area contributed by atoms with Crippen LogP contribution in [0.25, 0.3) is 0 Å². The molecule has 0 bridgehead atoms. The lowest BCUT2D eigenvalue weighted by Gasteiger charge is -2.36. The fraction of sp³-hybridized carbons (Fsp3) is 0.667. The van der Waals surface area contributed by atoms with Gasteiger partial charge in [-0.3, -0.25) is 4.79 Å². The Kier molecular flexibility index (Phi) is 2.22. The van der Waals surface area contributed by atoms with E-state index in [0.717, 1.165) is 12.8 Å². The molecule has 0 aromatic carbocycles. The van der Waals surface area contributed by atoms with Crippen LogP contribution < -0.4 is 0 Å². The summed E-state index contributed by atoms with van der Waals surface area (Å²) in [6.07, 6.45) is 3.39. The number of β-amino-alcohol motifs (C(OH)–C–C–N with tert-alkyl or cyclic N) is 1. The van der Waals surface area contributed by atoms with Gasteiger partial charge in [0.25, 0.3) is 5.91 Å². The van der Waals surface area contributed by atoms with Gasteiger partial charge >= 0.3 is 0 Å². The first kappa shape index (κ1) is 8.56. The Morgan fingerprint density at radius 2 is 2.38 bits per heavy atom. The topological polar surface area (TPSA) is 49.8 Å². The Hall–Kier alpha value is -1.03. The molecule has 4 nitrogen and oxygen atoms in total. The van der Waals surface area contributed by atoms with Gasteiger partial charge in [-0.15, -0.1) is 0 Å². The molecule has 0 atom stereocenters. The molecule has 1 fully saturated rings.